The van der Waals surface area contributed by atoms with Crippen molar-refractivity contribution in [2.24, 2.45) is 0 Å². The molecule has 1 saturated carbocycles. The summed E-state index contributed by atoms with van der Waals surface area (Å²) in [7, 11) is 0. The molecule has 3 rings (SSSR count). The number of nitrogens with one attached hydrogen (secondary N) is 1. The van der Waals surface area contributed by atoms with Gasteiger partial charge in [0.15, 0.2) is 22.1 Å². The van der Waals surface area contributed by atoms with E-state index in [-0.39, 0.29) is 6.61 Å². The number of fused-ring (bicyclic) bond motifs is 1. The maximum absolute atomic E-state index is 10.6. The van der Waals surface area contributed by atoms with E-state index in [1.165, 1.54) is 0 Å². The Morgan fingerprint density at radius 1 is 1.17 bits per heavy atom. The lowest BCUT2D eigenvalue weighted by molar-refractivity contribution is -0.0586. The van der Waals surface area contributed by atoms with Crippen LogP contribution in [0.15, 0.2) is 5.16 Å². The van der Waals surface area contributed by atoms with Crippen LogP contribution in [0.3, 0.4) is 0 Å². The van der Waals surface area contributed by atoms with Gasteiger partial charge in [0.2, 0.25) is 0 Å². The van der Waals surface area contributed by atoms with Gasteiger partial charge in [0.25, 0.3) is 0 Å². The van der Waals surface area contributed by atoms with E-state index < -0.39 is 24.4 Å². The molecule has 0 saturated heterocycles. The summed E-state index contributed by atoms with van der Waals surface area (Å²) in [6, 6.07) is -0.508. The van der Waals surface area contributed by atoms with Gasteiger partial charge in [-0.15, -0.1) is 5.10 Å². The van der Waals surface area contributed by atoms with Crippen LogP contribution in [0.25, 0.3) is 11.2 Å². The zero-order valence-corrected chi connectivity index (χ0v) is 18.4. The molecule has 0 aliphatic heterocycles. The van der Waals surface area contributed by atoms with Gasteiger partial charge in [-0.05, 0) is 19.3 Å². The maximum Gasteiger partial charge on any atom is 0.191 e. The number of ether oxygens (including phenoxy) is 1. The summed E-state index contributed by atoms with van der Waals surface area (Å²) in [4.78, 5) is 9.26. The molecule has 1 aliphatic rings. The molecule has 3 unspecified atom stereocenters. The van der Waals surface area contributed by atoms with Gasteiger partial charge >= 0.3 is 0 Å². The van der Waals surface area contributed by atoms with Crippen molar-refractivity contribution in [1.29, 1.82) is 0 Å². The van der Waals surface area contributed by atoms with Crippen molar-refractivity contribution in [1.82, 2.24) is 25.0 Å². The third-order valence-corrected chi connectivity index (χ3v) is 6.16. The first-order valence-electron chi connectivity index (χ1n) is 10.7. The summed E-state index contributed by atoms with van der Waals surface area (Å²) >= 11 is 1.57. The Hall–Kier alpha value is -1.53. The highest BCUT2D eigenvalue weighted by Gasteiger charge is 2.44. The standard InChI is InChI=1S/C19H32N6O4S/c1-3-5-7-20-17-14-18(22-19(21-17)30-10-4-2)25(24-23-14)12-11-13(16(28)15(12)27)29-9-6-8-26/h12-13,15-16,26-28H,3-11H2,1-2H3,(H,20,21,22)/t12?,13?,15?,16-/m1/s1. The first-order chi connectivity index (χ1) is 14.6. The fourth-order valence-electron chi connectivity index (χ4n) is 3.47. The van der Waals surface area contributed by atoms with Crippen LogP contribution in [0.1, 0.15) is 52.0 Å². The SMILES string of the molecule is CCCCNc1nc(SCCC)nc2c1nnn2C1CC(OCCCO)[C@@H](O)C1O. The van der Waals surface area contributed by atoms with Crippen molar-refractivity contribution in [3.63, 3.8) is 0 Å². The van der Waals surface area contributed by atoms with Crippen LogP contribution >= 0.6 is 11.8 Å². The third kappa shape index (κ3) is 5.20. The number of aliphatic hydroxyl groups excluding tert-OH is 3. The molecule has 0 spiro atoms. The predicted octanol–water partition coefficient (Wildman–Crippen LogP) is 1.37. The average Bonchev–Trinajstić information content (AvgIpc) is 3.29. The summed E-state index contributed by atoms with van der Waals surface area (Å²) in [5.41, 5.74) is 1.09. The highest BCUT2D eigenvalue weighted by molar-refractivity contribution is 7.99. The highest BCUT2D eigenvalue weighted by Crippen LogP contribution is 2.35. The quantitative estimate of drug-likeness (QED) is 0.217. The lowest BCUT2D eigenvalue weighted by atomic mass is 10.2. The lowest BCUT2D eigenvalue weighted by Crippen LogP contribution is -2.33. The van der Waals surface area contributed by atoms with Gasteiger partial charge in [0.05, 0.1) is 12.1 Å². The van der Waals surface area contributed by atoms with Gasteiger partial charge in [0.1, 0.15) is 12.2 Å². The van der Waals surface area contributed by atoms with E-state index in [4.69, 9.17) is 9.84 Å². The number of rotatable bonds is 12. The predicted molar refractivity (Wildman–Crippen MR) is 115 cm³/mol. The Labute approximate surface area is 180 Å². The molecule has 2 heterocycles. The minimum absolute atomic E-state index is 0.0193. The van der Waals surface area contributed by atoms with Crippen molar-refractivity contribution in [3.05, 3.63) is 0 Å². The fraction of sp³-hybridized carbons (Fsp3) is 0.789. The van der Waals surface area contributed by atoms with Crippen molar-refractivity contribution < 1.29 is 20.1 Å². The Balaban J connectivity index is 1.88. The number of aromatic nitrogens is 5. The van der Waals surface area contributed by atoms with Crippen LogP contribution in [0.4, 0.5) is 5.82 Å². The molecule has 1 aliphatic carbocycles. The number of hydrogen-bond donors (Lipinski definition) is 4. The Morgan fingerprint density at radius 2 is 2.00 bits per heavy atom. The molecule has 1 fully saturated rings. The second kappa shape index (κ2) is 11.2. The van der Waals surface area contributed by atoms with E-state index in [2.05, 4.69) is 39.4 Å². The average molecular weight is 441 g/mol. The van der Waals surface area contributed by atoms with Gasteiger partial charge in [-0.2, -0.15) is 0 Å². The van der Waals surface area contributed by atoms with Gasteiger partial charge in [0, 0.05) is 31.9 Å². The number of thioether (sulfide) groups is 1. The monoisotopic (exact) mass is 440 g/mol. The van der Waals surface area contributed by atoms with Gasteiger partial charge in [-0.1, -0.05) is 37.2 Å². The first-order valence-corrected chi connectivity index (χ1v) is 11.7. The Bertz CT molecular complexity index is 807. The highest BCUT2D eigenvalue weighted by atomic mass is 32.2. The molecule has 11 heteroatoms. The maximum atomic E-state index is 10.6. The molecular weight excluding hydrogens is 408 g/mol. The van der Waals surface area contributed by atoms with Crippen LogP contribution in [0.2, 0.25) is 0 Å². The number of nitrogens with zero attached hydrogens (tertiary/aromatic N) is 5. The summed E-state index contributed by atoms with van der Waals surface area (Å²) in [5.74, 6) is 1.54. The lowest BCUT2D eigenvalue weighted by Gasteiger charge is -2.17. The van der Waals surface area contributed by atoms with Crippen LogP contribution in [-0.4, -0.2) is 84.1 Å². The largest absolute Gasteiger partial charge is 0.396 e. The topological polar surface area (TPSA) is 138 Å². The summed E-state index contributed by atoms with van der Waals surface area (Å²) in [6.45, 7) is 5.35. The van der Waals surface area contributed by atoms with E-state index in [0.29, 0.717) is 41.6 Å². The number of hydrogen-bond acceptors (Lipinski definition) is 10. The molecule has 0 amide bonds. The first kappa shape index (κ1) is 23.1. The Morgan fingerprint density at radius 3 is 2.73 bits per heavy atom. The van der Waals surface area contributed by atoms with Crippen molar-refractivity contribution in [3.8, 4) is 0 Å². The van der Waals surface area contributed by atoms with Gasteiger partial charge in [-0.25, -0.2) is 14.6 Å². The normalized spacial score (nSPS) is 24.0. The molecule has 4 N–H and O–H groups in total. The molecule has 0 radical (unpaired) electrons. The van der Waals surface area contributed by atoms with Crippen LogP contribution in [0.5, 0.6) is 0 Å². The molecular formula is C19H32N6O4S. The van der Waals surface area contributed by atoms with E-state index in [0.717, 1.165) is 31.6 Å². The molecule has 4 atom stereocenters. The van der Waals surface area contributed by atoms with Gasteiger partial charge < -0.3 is 25.4 Å². The summed E-state index contributed by atoms with van der Waals surface area (Å²) < 4.78 is 7.24. The smallest absolute Gasteiger partial charge is 0.191 e. The number of aliphatic hydroxyl groups is 3. The van der Waals surface area contributed by atoms with Crippen LogP contribution < -0.4 is 5.32 Å². The molecule has 30 heavy (non-hydrogen) atoms. The number of anilines is 1. The van der Waals surface area contributed by atoms with E-state index >= 15 is 0 Å². The van der Waals surface area contributed by atoms with Crippen LogP contribution in [0, 0.1) is 0 Å². The van der Waals surface area contributed by atoms with Crippen molar-refractivity contribution >= 4 is 28.7 Å². The third-order valence-electron chi connectivity index (χ3n) is 5.11. The minimum atomic E-state index is -1.05. The zero-order valence-electron chi connectivity index (χ0n) is 17.6. The summed E-state index contributed by atoms with van der Waals surface area (Å²) in [5, 5.41) is 42.5. The second-order valence-electron chi connectivity index (χ2n) is 7.46. The molecule has 10 nitrogen and oxygen atoms in total. The molecule has 0 aromatic carbocycles. The number of unbranched alkanes of at least 4 members (excludes halogenated alkanes) is 1. The molecule has 2 aromatic heterocycles. The zero-order chi connectivity index (χ0) is 21.5. The van der Waals surface area contributed by atoms with E-state index in [1.54, 1.807) is 16.4 Å². The van der Waals surface area contributed by atoms with Crippen molar-refractivity contribution in [2.75, 3.05) is 30.8 Å². The Kier molecular flexibility index (Phi) is 8.63. The van der Waals surface area contributed by atoms with Crippen molar-refractivity contribution in [2.45, 2.75) is 75.5 Å². The molecule has 168 valence electrons. The summed E-state index contributed by atoms with van der Waals surface area (Å²) in [6.07, 6.45) is 1.32. The van der Waals surface area contributed by atoms with E-state index in [9.17, 15) is 10.2 Å². The molecule has 2 aromatic rings. The fourth-order valence-corrected chi connectivity index (χ4v) is 4.17. The van der Waals surface area contributed by atoms with Crippen LogP contribution in [-0.2, 0) is 4.74 Å². The van der Waals surface area contributed by atoms with E-state index in [1.807, 2.05) is 0 Å². The minimum Gasteiger partial charge on any atom is -0.396 e. The molecule has 0 bridgehead atoms. The van der Waals surface area contributed by atoms with Gasteiger partial charge in [-0.3, -0.25) is 0 Å². The second-order valence-corrected chi connectivity index (χ2v) is 8.52.